The van der Waals surface area contributed by atoms with Gasteiger partial charge in [0.25, 0.3) is 0 Å². The number of methoxy groups -OCH3 is 1. The fourth-order valence-electron chi connectivity index (χ4n) is 3.97. The molecule has 2 aliphatic heterocycles. The molecule has 10 heteroatoms. The molecule has 10 nitrogen and oxygen atoms in total. The molecular weight excluding hydrogens is 394 g/mol. The molecule has 1 amide bonds. The SMILES string of the molecule is COCCOCO[C@@H]1CCC(=O)N(C2c3cc4nonc4cc3OC(C)(C)C2O)C1. The van der Waals surface area contributed by atoms with Gasteiger partial charge in [0.1, 0.15) is 35.3 Å². The van der Waals surface area contributed by atoms with Gasteiger partial charge in [-0.1, -0.05) is 0 Å². The van der Waals surface area contributed by atoms with Crippen LogP contribution in [0.15, 0.2) is 16.8 Å². The minimum absolute atomic E-state index is 0.0405. The zero-order chi connectivity index (χ0) is 21.3. The van der Waals surface area contributed by atoms with Crippen molar-refractivity contribution < 1.29 is 33.5 Å². The molecule has 30 heavy (non-hydrogen) atoms. The van der Waals surface area contributed by atoms with Gasteiger partial charge < -0.3 is 29.0 Å². The maximum absolute atomic E-state index is 12.9. The quantitative estimate of drug-likeness (QED) is 0.523. The van der Waals surface area contributed by atoms with E-state index in [4.69, 9.17) is 23.6 Å². The number of likely N-dealkylation sites (tertiary alicyclic amines) is 1. The summed E-state index contributed by atoms with van der Waals surface area (Å²) in [7, 11) is 1.61. The Hall–Kier alpha value is -2.27. The first-order valence-electron chi connectivity index (χ1n) is 10.0. The summed E-state index contributed by atoms with van der Waals surface area (Å²) in [4.78, 5) is 14.5. The number of aliphatic hydroxyl groups is 1. The smallest absolute Gasteiger partial charge is 0.223 e. The van der Waals surface area contributed by atoms with Crippen LogP contribution in [0.2, 0.25) is 0 Å². The van der Waals surface area contributed by atoms with E-state index in [1.54, 1.807) is 38.0 Å². The highest BCUT2D eigenvalue weighted by Crippen LogP contribution is 2.45. The highest BCUT2D eigenvalue weighted by molar-refractivity contribution is 5.80. The number of amides is 1. The largest absolute Gasteiger partial charge is 0.485 e. The summed E-state index contributed by atoms with van der Waals surface area (Å²) in [5.41, 5.74) is 0.868. The Morgan fingerprint density at radius 1 is 1.27 bits per heavy atom. The summed E-state index contributed by atoms with van der Waals surface area (Å²) in [6.07, 6.45) is -0.201. The van der Waals surface area contributed by atoms with Crippen LogP contribution in [-0.4, -0.2) is 77.7 Å². The second-order valence-electron chi connectivity index (χ2n) is 8.13. The van der Waals surface area contributed by atoms with E-state index < -0.39 is 17.7 Å². The normalized spacial score (nSPS) is 25.9. The predicted octanol–water partition coefficient (Wildman–Crippen LogP) is 1.42. The Labute approximate surface area is 174 Å². The number of ether oxygens (including phenoxy) is 4. The minimum atomic E-state index is -0.942. The zero-order valence-electron chi connectivity index (χ0n) is 17.4. The Morgan fingerprint density at radius 3 is 2.80 bits per heavy atom. The molecule has 1 aromatic carbocycles. The molecule has 0 saturated carbocycles. The van der Waals surface area contributed by atoms with Crippen LogP contribution in [0.3, 0.4) is 0 Å². The van der Waals surface area contributed by atoms with Gasteiger partial charge in [0, 0.05) is 31.7 Å². The topological polar surface area (TPSA) is 116 Å². The summed E-state index contributed by atoms with van der Waals surface area (Å²) in [5, 5.41) is 18.9. The number of rotatable bonds is 7. The molecule has 2 unspecified atom stereocenters. The number of nitrogens with zero attached hydrogens (tertiary/aromatic N) is 3. The first-order chi connectivity index (χ1) is 14.4. The van der Waals surface area contributed by atoms with E-state index in [9.17, 15) is 9.90 Å². The first-order valence-corrected chi connectivity index (χ1v) is 10.0. The summed E-state index contributed by atoms with van der Waals surface area (Å²) in [5.74, 6) is 0.512. The second-order valence-corrected chi connectivity index (χ2v) is 8.13. The van der Waals surface area contributed by atoms with Crippen LogP contribution in [0.1, 0.15) is 38.3 Å². The summed E-state index contributed by atoms with van der Waals surface area (Å²) >= 11 is 0. The molecule has 0 aliphatic carbocycles. The van der Waals surface area contributed by atoms with E-state index in [0.717, 1.165) is 0 Å². The van der Waals surface area contributed by atoms with Crippen molar-refractivity contribution in [2.75, 3.05) is 33.7 Å². The first kappa shape index (κ1) is 21.0. The number of piperidine rings is 1. The van der Waals surface area contributed by atoms with Crippen LogP contribution < -0.4 is 4.74 Å². The van der Waals surface area contributed by atoms with E-state index in [2.05, 4.69) is 10.3 Å². The molecule has 0 radical (unpaired) electrons. The average molecular weight is 421 g/mol. The van der Waals surface area contributed by atoms with Gasteiger partial charge >= 0.3 is 0 Å². The molecule has 4 rings (SSSR count). The Balaban J connectivity index is 1.58. The molecule has 1 aromatic heterocycles. The lowest BCUT2D eigenvalue weighted by atomic mass is 9.84. The van der Waals surface area contributed by atoms with Crippen LogP contribution >= 0.6 is 0 Å². The van der Waals surface area contributed by atoms with E-state index in [0.29, 0.717) is 54.9 Å². The molecule has 2 aromatic rings. The van der Waals surface area contributed by atoms with Gasteiger partial charge in [-0.2, -0.15) is 0 Å². The summed E-state index contributed by atoms with van der Waals surface area (Å²) in [6, 6.07) is 2.89. The maximum Gasteiger partial charge on any atom is 0.223 e. The maximum atomic E-state index is 12.9. The van der Waals surface area contributed by atoms with Crippen molar-refractivity contribution in [2.24, 2.45) is 0 Å². The minimum Gasteiger partial charge on any atom is -0.485 e. The monoisotopic (exact) mass is 421 g/mol. The van der Waals surface area contributed by atoms with Crippen molar-refractivity contribution in [2.45, 2.75) is 50.5 Å². The van der Waals surface area contributed by atoms with Crippen LogP contribution in [-0.2, 0) is 19.0 Å². The molecule has 1 fully saturated rings. The van der Waals surface area contributed by atoms with Crippen molar-refractivity contribution in [3.8, 4) is 5.75 Å². The number of carbonyl (C=O) groups is 1. The highest BCUT2D eigenvalue weighted by Gasteiger charge is 2.48. The van der Waals surface area contributed by atoms with Gasteiger partial charge in [-0.25, -0.2) is 4.63 Å². The third-order valence-electron chi connectivity index (χ3n) is 5.64. The van der Waals surface area contributed by atoms with Gasteiger partial charge in [0.15, 0.2) is 0 Å². The van der Waals surface area contributed by atoms with E-state index in [-0.39, 0.29) is 18.8 Å². The predicted molar refractivity (Wildman–Crippen MR) is 104 cm³/mol. The van der Waals surface area contributed by atoms with Gasteiger partial charge in [0.2, 0.25) is 5.91 Å². The van der Waals surface area contributed by atoms with Crippen molar-refractivity contribution >= 4 is 16.9 Å². The number of carbonyl (C=O) groups excluding carboxylic acids is 1. The molecule has 1 N–H and O–H groups in total. The van der Waals surface area contributed by atoms with Crippen molar-refractivity contribution in [3.05, 3.63) is 17.7 Å². The number of aliphatic hydroxyl groups excluding tert-OH is 1. The third kappa shape index (κ3) is 4.00. The van der Waals surface area contributed by atoms with Crippen molar-refractivity contribution in [1.29, 1.82) is 0 Å². The Kier molecular flexibility index (Phi) is 5.92. The second kappa shape index (κ2) is 8.46. The third-order valence-corrected chi connectivity index (χ3v) is 5.64. The van der Waals surface area contributed by atoms with Gasteiger partial charge in [-0.3, -0.25) is 4.79 Å². The molecule has 0 bridgehead atoms. The number of benzene rings is 1. The Morgan fingerprint density at radius 2 is 2.03 bits per heavy atom. The van der Waals surface area contributed by atoms with Gasteiger partial charge in [0.05, 0.1) is 25.4 Å². The lowest BCUT2D eigenvalue weighted by Crippen LogP contribution is -2.57. The summed E-state index contributed by atoms with van der Waals surface area (Å²) < 4.78 is 27.0. The van der Waals surface area contributed by atoms with Crippen LogP contribution in [0.25, 0.3) is 11.0 Å². The van der Waals surface area contributed by atoms with Gasteiger partial charge in [-0.15, -0.1) is 0 Å². The summed E-state index contributed by atoms with van der Waals surface area (Å²) in [6.45, 7) is 4.99. The molecule has 3 atom stereocenters. The molecule has 3 heterocycles. The molecule has 0 spiro atoms. The van der Waals surface area contributed by atoms with E-state index >= 15 is 0 Å². The van der Waals surface area contributed by atoms with E-state index in [1.165, 1.54) is 0 Å². The number of hydrogen-bond donors (Lipinski definition) is 1. The fourth-order valence-corrected chi connectivity index (χ4v) is 3.97. The van der Waals surface area contributed by atoms with Crippen molar-refractivity contribution in [1.82, 2.24) is 15.2 Å². The van der Waals surface area contributed by atoms with Gasteiger partial charge in [-0.05, 0) is 36.6 Å². The van der Waals surface area contributed by atoms with Crippen LogP contribution in [0.4, 0.5) is 0 Å². The average Bonchev–Trinajstić information content (AvgIpc) is 3.16. The molecular formula is C20H27N3O7. The molecule has 164 valence electrons. The zero-order valence-corrected chi connectivity index (χ0v) is 17.4. The standard InChI is InChI=1S/C20H27N3O7/c1-20(2)19(25)18(13-8-14-15(22-30-21-14)9-16(13)29-20)23-10-12(4-5-17(23)24)28-11-27-7-6-26-3/h8-9,12,18-19,25H,4-7,10-11H2,1-3H3/t12-,18?,19?/m1/s1. The molecule has 2 aliphatic rings. The number of aromatic nitrogens is 2. The fraction of sp³-hybridized carbons (Fsp3) is 0.650. The number of fused-ring (bicyclic) bond motifs is 2. The highest BCUT2D eigenvalue weighted by atomic mass is 16.7. The lowest BCUT2D eigenvalue weighted by molar-refractivity contribution is -0.162. The van der Waals surface area contributed by atoms with Crippen LogP contribution in [0, 0.1) is 0 Å². The Bertz CT molecular complexity index is 900. The molecule has 1 saturated heterocycles. The number of hydrogen-bond acceptors (Lipinski definition) is 9. The van der Waals surface area contributed by atoms with Crippen molar-refractivity contribution in [3.63, 3.8) is 0 Å². The van der Waals surface area contributed by atoms with E-state index in [1.807, 2.05) is 0 Å². The lowest BCUT2D eigenvalue weighted by Gasteiger charge is -2.48. The van der Waals surface area contributed by atoms with Crippen LogP contribution in [0.5, 0.6) is 5.75 Å².